The molecule has 1 saturated heterocycles. The van der Waals surface area contributed by atoms with Gasteiger partial charge in [0.25, 0.3) is 5.91 Å². The Morgan fingerprint density at radius 2 is 2.17 bits per heavy atom. The van der Waals surface area contributed by atoms with Gasteiger partial charge in [-0.15, -0.1) is 0 Å². The van der Waals surface area contributed by atoms with Gasteiger partial charge in [-0.05, 0) is 18.2 Å². The van der Waals surface area contributed by atoms with Gasteiger partial charge in [0.1, 0.15) is 6.10 Å². The largest absolute Gasteiger partial charge is 0.367 e. The third kappa shape index (κ3) is 1.48. The Balaban J connectivity index is 2.01. The molecule has 0 saturated carbocycles. The van der Waals surface area contributed by atoms with Gasteiger partial charge in [0.05, 0.1) is 5.69 Å². The van der Waals surface area contributed by atoms with Gasteiger partial charge in [0, 0.05) is 24.2 Å². The van der Waals surface area contributed by atoms with Gasteiger partial charge in [-0.25, -0.2) is 0 Å². The third-order valence-electron chi connectivity index (χ3n) is 3.01. The highest BCUT2D eigenvalue weighted by atomic mass is 16.6. The molecule has 0 spiro atoms. The molecule has 2 atom stereocenters. The number of aromatic nitrogens is 2. The molecule has 5 nitrogen and oxygen atoms in total. The molecule has 0 radical (unpaired) electrons. The summed E-state index contributed by atoms with van der Waals surface area (Å²) in [6.07, 6.45) is 4.54. The van der Waals surface area contributed by atoms with Crippen molar-refractivity contribution in [2.75, 3.05) is 0 Å². The predicted octanol–water partition coefficient (Wildman–Crippen LogP) is 0.929. The lowest BCUT2D eigenvalue weighted by atomic mass is 9.96. The molecule has 1 amide bonds. The molecule has 2 N–H and O–H groups in total. The normalized spacial score (nSPS) is 25.7. The molecule has 0 bridgehead atoms. The molecule has 18 heavy (non-hydrogen) atoms. The fraction of sp³-hybridized carbons (Fsp3) is 0.154. The van der Waals surface area contributed by atoms with Crippen LogP contribution in [-0.2, 0) is 15.1 Å². The summed E-state index contributed by atoms with van der Waals surface area (Å²) in [6.45, 7) is 0. The van der Waals surface area contributed by atoms with Crippen molar-refractivity contribution in [3.05, 3.63) is 60.2 Å². The first-order valence-corrected chi connectivity index (χ1v) is 5.54. The molecule has 90 valence electrons. The summed E-state index contributed by atoms with van der Waals surface area (Å²) in [5.41, 5.74) is 5.67. The molecular weight excluding hydrogens is 230 g/mol. The third-order valence-corrected chi connectivity index (χ3v) is 3.01. The van der Waals surface area contributed by atoms with Crippen LogP contribution < -0.4 is 5.73 Å². The highest BCUT2D eigenvalue weighted by Gasteiger charge is 2.64. The average molecular weight is 241 g/mol. The summed E-state index contributed by atoms with van der Waals surface area (Å²) in [6, 6.07) is 8.96. The van der Waals surface area contributed by atoms with E-state index < -0.39 is 17.6 Å². The van der Waals surface area contributed by atoms with Crippen LogP contribution in [0.2, 0.25) is 0 Å². The summed E-state index contributed by atoms with van der Waals surface area (Å²) >= 11 is 0. The molecule has 1 aliphatic heterocycles. The number of pyridine rings is 2. The summed E-state index contributed by atoms with van der Waals surface area (Å²) in [5.74, 6) is -0.532. The second-order valence-electron chi connectivity index (χ2n) is 4.10. The van der Waals surface area contributed by atoms with Crippen LogP contribution in [0, 0.1) is 0 Å². The van der Waals surface area contributed by atoms with Crippen molar-refractivity contribution in [1.82, 2.24) is 9.97 Å². The number of amides is 1. The fourth-order valence-corrected chi connectivity index (χ4v) is 2.08. The summed E-state index contributed by atoms with van der Waals surface area (Å²) < 4.78 is 5.56. The Morgan fingerprint density at radius 3 is 2.78 bits per heavy atom. The molecule has 5 heteroatoms. The van der Waals surface area contributed by atoms with E-state index in [2.05, 4.69) is 9.97 Å². The van der Waals surface area contributed by atoms with Gasteiger partial charge in [-0.3, -0.25) is 14.8 Å². The van der Waals surface area contributed by atoms with Crippen molar-refractivity contribution in [1.29, 1.82) is 0 Å². The van der Waals surface area contributed by atoms with E-state index >= 15 is 0 Å². The molecule has 1 aliphatic rings. The highest BCUT2D eigenvalue weighted by molar-refractivity contribution is 5.88. The number of primary amides is 1. The summed E-state index contributed by atoms with van der Waals surface area (Å²) in [4.78, 5) is 19.9. The zero-order valence-electron chi connectivity index (χ0n) is 9.48. The fourth-order valence-electron chi connectivity index (χ4n) is 2.08. The van der Waals surface area contributed by atoms with Gasteiger partial charge in [-0.2, -0.15) is 0 Å². The summed E-state index contributed by atoms with van der Waals surface area (Å²) in [7, 11) is 0. The van der Waals surface area contributed by atoms with E-state index in [0.717, 1.165) is 5.56 Å². The average Bonchev–Trinajstić information content (AvgIpc) is 3.18. The van der Waals surface area contributed by atoms with Crippen molar-refractivity contribution in [3.8, 4) is 0 Å². The zero-order valence-corrected chi connectivity index (χ0v) is 9.48. The van der Waals surface area contributed by atoms with E-state index in [1.807, 2.05) is 6.07 Å². The molecule has 2 aromatic heterocycles. The van der Waals surface area contributed by atoms with Gasteiger partial charge in [0.2, 0.25) is 5.60 Å². The van der Waals surface area contributed by atoms with Crippen molar-refractivity contribution in [2.24, 2.45) is 5.73 Å². The van der Waals surface area contributed by atoms with Crippen molar-refractivity contribution in [2.45, 2.75) is 11.7 Å². The van der Waals surface area contributed by atoms with Crippen LogP contribution in [0.3, 0.4) is 0 Å². The first-order valence-electron chi connectivity index (χ1n) is 5.54. The van der Waals surface area contributed by atoms with E-state index in [0.29, 0.717) is 5.69 Å². The maximum absolute atomic E-state index is 11.7. The SMILES string of the molecule is NC(=O)[C@]1(c2ccccn2)O[C@@H]1c1cccnc1. The summed E-state index contributed by atoms with van der Waals surface area (Å²) in [5, 5.41) is 0. The van der Waals surface area contributed by atoms with E-state index in [1.165, 1.54) is 0 Å². The molecule has 3 rings (SSSR count). The Morgan fingerprint density at radius 1 is 1.28 bits per heavy atom. The molecule has 2 aromatic rings. The van der Waals surface area contributed by atoms with Crippen LogP contribution in [0.25, 0.3) is 0 Å². The van der Waals surface area contributed by atoms with E-state index in [4.69, 9.17) is 10.5 Å². The lowest BCUT2D eigenvalue weighted by Crippen LogP contribution is -2.31. The van der Waals surface area contributed by atoms with E-state index in [1.54, 1.807) is 42.9 Å². The Bertz CT molecular complexity index is 573. The minimum Gasteiger partial charge on any atom is -0.367 e. The van der Waals surface area contributed by atoms with Crippen LogP contribution in [0.5, 0.6) is 0 Å². The number of ether oxygens (including phenoxy) is 1. The maximum atomic E-state index is 11.7. The first-order chi connectivity index (χ1) is 8.75. The minimum atomic E-state index is -1.15. The van der Waals surface area contributed by atoms with Crippen LogP contribution in [0.15, 0.2) is 48.9 Å². The number of hydrogen-bond donors (Lipinski definition) is 1. The van der Waals surface area contributed by atoms with Crippen molar-refractivity contribution >= 4 is 5.91 Å². The number of rotatable bonds is 3. The topological polar surface area (TPSA) is 81.4 Å². The van der Waals surface area contributed by atoms with E-state index in [9.17, 15) is 4.79 Å². The van der Waals surface area contributed by atoms with Crippen LogP contribution in [-0.4, -0.2) is 15.9 Å². The number of hydrogen-bond acceptors (Lipinski definition) is 4. The molecule has 0 aliphatic carbocycles. The number of nitrogens with zero attached hydrogens (tertiary/aromatic N) is 2. The number of epoxide rings is 1. The maximum Gasteiger partial charge on any atom is 0.259 e. The van der Waals surface area contributed by atoms with Gasteiger partial charge >= 0.3 is 0 Å². The quantitative estimate of drug-likeness (QED) is 0.810. The molecule has 0 aromatic carbocycles. The highest BCUT2D eigenvalue weighted by Crippen LogP contribution is 2.55. The molecule has 3 heterocycles. The van der Waals surface area contributed by atoms with Crippen LogP contribution in [0.1, 0.15) is 17.4 Å². The van der Waals surface area contributed by atoms with Gasteiger partial charge in [-0.1, -0.05) is 12.1 Å². The van der Waals surface area contributed by atoms with E-state index in [-0.39, 0.29) is 0 Å². The monoisotopic (exact) mass is 241 g/mol. The molecule has 0 unspecified atom stereocenters. The number of nitrogens with two attached hydrogens (primary N) is 1. The van der Waals surface area contributed by atoms with Crippen LogP contribution >= 0.6 is 0 Å². The zero-order chi connectivity index (χ0) is 12.6. The Labute approximate surface area is 104 Å². The molecular formula is C13H11N3O2. The Hall–Kier alpha value is -2.27. The second kappa shape index (κ2) is 3.89. The first kappa shape index (κ1) is 10.9. The number of carbonyl (C=O) groups is 1. The van der Waals surface area contributed by atoms with Crippen molar-refractivity contribution < 1.29 is 9.53 Å². The van der Waals surface area contributed by atoms with Gasteiger partial charge in [0.15, 0.2) is 0 Å². The van der Waals surface area contributed by atoms with Gasteiger partial charge < -0.3 is 10.5 Å². The predicted molar refractivity (Wildman–Crippen MR) is 63.2 cm³/mol. The minimum absolute atomic E-state index is 0.404. The number of carbonyl (C=O) groups excluding carboxylic acids is 1. The lowest BCUT2D eigenvalue weighted by Gasteiger charge is -2.07. The lowest BCUT2D eigenvalue weighted by molar-refractivity contribution is -0.123. The Kier molecular flexibility index (Phi) is 2.34. The molecule has 1 fully saturated rings. The standard InChI is InChI=1S/C13H11N3O2/c14-12(17)13(10-5-1-2-7-16-10)11(18-13)9-4-3-6-15-8-9/h1-8,11H,(H2,14,17)/t11-,13-/m1/s1. The van der Waals surface area contributed by atoms with Crippen molar-refractivity contribution in [3.63, 3.8) is 0 Å². The van der Waals surface area contributed by atoms with Crippen LogP contribution in [0.4, 0.5) is 0 Å². The smallest absolute Gasteiger partial charge is 0.259 e. The second-order valence-corrected chi connectivity index (χ2v) is 4.10.